The number of nitrogens with two attached hydrogens (primary N) is 1. The monoisotopic (exact) mass is 267 g/mol. The van der Waals surface area contributed by atoms with Gasteiger partial charge in [-0.25, -0.2) is 0 Å². The van der Waals surface area contributed by atoms with Crippen LogP contribution in [0.1, 0.15) is 23.2 Å². The molecule has 0 saturated heterocycles. The minimum Gasteiger partial charge on any atom is -0.497 e. The Bertz CT molecular complexity index is 472. The third-order valence-electron chi connectivity index (χ3n) is 2.68. The van der Waals surface area contributed by atoms with Crippen LogP contribution in [-0.2, 0) is 4.79 Å². The van der Waals surface area contributed by atoms with Crippen LogP contribution in [0.15, 0.2) is 18.2 Å². The topological polar surface area (TPSA) is 98.9 Å². The van der Waals surface area contributed by atoms with Crippen LogP contribution in [0.4, 0.5) is 0 Å². The summed E-state index contributed by atoms with van der Waals surface area (Å²) >= 11 is 0. The Morgan fingerprint density at radius 1 is 1.32 bits per heavy atom. The van der Waals surface area contributed by atoms with Crippen LogP contribution >= 0.6 is 0 Å². The molecule has 3 N–H and O–H groups in total. The van der Waals surface area contributed by atoms with Gasteiger partial charge in [0, 0.05) is 12.5 Å². The van der Waals surface area contributed by atoms with Gasteiger partial charge in [-0.3, -0.25) is 9.59 Å². The first kappa shape index (κ1) is 15.0. The number of ketones is 1. The van der Waals surface area contributed by atoms with E-state index in [-0.39, 0.29) is 18.6 Å². The minimum absolute atomic E-state index is 0.0867. The zero-order valence-corrected chi connectivity index (χ0v) is 10.9. The fourth-order valence-corrected chi connectivity index (χ4v) is 1.61. The summed E-state index contributed by atoms with van der Waals surface area (Å²) in [5, 5.41) is 8.58. The number of carboxylic acid groups (broad SMARTS) is 1. The maximum atomic E-state index is 12.1. The number of carbonyl (C=O) groups is 2. The molecule has 1 aromatic carbocycles. The molecule has 0 saturated carbocycles. The van der Waals surface area contributed by atoms with Gasteiger partial charge in [-0.2, -0.15) is 0 Å². The third-order valence-corrected chi connectivity index (χ3v) is 2.68. The summed E-state index contributed by atoms with van der Waals surface area (Å²) in [5.41, 5.74) is 6.01. The normalized spacial score (nSPS) is 11.7. The highest BCUT2D eigenvalue weighted by Crippen LogP contribution is 2.25. The number of carbonyl (C=O) groups excluding carboxylic acids is 1. The summed E-state index contributed by atoms with van der Waals surface area (Å²) in [6.45, 7) is 0. The number of rotatable bonds is 7. The standard InChI is InChI=1S/C13H17NO5/c1-18-8-3-4-9(11(7-8)19-2)13(17)10(14)5-6-12(15)16/h3-4,7,10H,5-6,14H2,1-2H3,(H,15,16). The van der Waals surface area contributed by atoms with E-state index in [2.05, 4.69) is 0 Å². The van der Waals surface area contributed by atoms with Gasteiger partial charge >= 0.3 is 5.97 Å². The van der Waals surface area contributed by atoms with E-state index >= 15 is 0 Å². The third kappa shape index (κ3) is 3.96. The molecule has 6 nitrogen and oxygen atoms in total. The molecule has 1 rings (SSSR count). The first-order chi connectivity index (χ1) is 8.99. The fraction of sp³-hybridized carbons (Fsp3) is 0.385. The predicted molar refractivity (Wildman–Crippen MR) is 68.7 cm³/mol. The molecule has 1 aromatic rings. The lowest BCUT2D eigenvalue weighted by atomic mass is 10.00. The highest BCUT2D eigenvalue weighted by Gasteiger charge is 2.20. The van der Waals surface area contributed by atoms with E-state index in [1.54, 1.807) is 18.2 Å². The van der Waals surface area contributed by atoms with Crippen molar-refractivity contribution in [2.45, 2.75) is 18.9 Å². The quantitative estimate of drug-likeness (QED) is 0.717. The Labute approximate surface area is 111 Å². The Morgan fingerprint density at radius 2 is 2.00 bits per heavy atom. The Morgan fingerprint density at radius 3 is 2.53 bits per heavy atom. The number of methoxy groups -OCH3 is 2. The van der Waals surface area contributed by atoms with E-state index < -0.39 is 12.0 Å². The van der Waals surface area contributed by atoms with E-state index in [0.717, 1.165) is 0 Å². The van der Waals surface area contributed by atoms with Crippen LogP contribution in [0.25, 0.3) is 0 Å². The molecule has 1 unspecified atom stereocenters. The van der Waals surface area contributed by atoms with Crippen LogP contribution in [0.5, 0.6) is 11.5 Å². The molecule has 19 heavy (non-hydrogen) atoms. The van der Waals surface area contributed by atoms with Gasteiger partial charge in [-0.05, 0) is 18.6 Å². The Balaban J connectivity index is 2.89. The van der Waals surface area contributed by atoms with Gasteiger partial charge in [0.25, 0.3) is 0 Å². The van der Waals surface area contributed by atoms with Crippen molar-refractivity contribution in [3.63, 3.8) is 0 Å². The second kappa shape index (κ2) is 6.75. The minimum atomic E-state index is -0.982. The van der Waals surface area contributed by atoms with Crippen LogP contribution in [0, 0.1) is 0 Å². The van der Waals surface area contributed by atoms with Gasteiger partial charge in [0.1, 0.15) is 11.5 Å². The fourth-order valence-electron chi connectivity index (χ4n) is 1.61. The molecule has 0 aliphatic carbocycles. The number of aliphatic carboxylic acids is 1. The highest BCUT2D eigenvalue weighted by molar-refractivity contribution is 6.02. The number of carboxylic acids is 1. The lowest BCUT2D eigenvalue weighted by Crippen LogP contribution is -2.31. The molecular weight excluding hydrogens is 250 g/mol. The first-order valence-corrected chi connectivity index (χ1v) is 5.73. The molecule has 1 atom stereocenters. The second-order valence-corrected chi connectivity index (χ2v) is 3.97. The number of hydrogen-bond donors (Lipinski definition) is 2. The zero-order valence-electron chi connectivity index (χ0n) is 10.9. The molecule has 0 aromatic heterocycles. The van der Waals surface area contributed by atoms with E-state index in [1.807, 2.05) is 0 Å². The van der Waals surface area contributed by atoms with Gasteiger partial charge in [0.15, 0.2) is 5.78 Å². The lowest BCUT2D eigenvalue weighted by Gasteiger charge is -2.13. The molecule has 0 amide bonds. The molecule has 0 spiro atoms. The first-order valence-electron chi connectivity index (χ1n) is 5.73. The second-order valence-electron chi connectivity index (χ2n) is 3.97. The summed E-state index contributed by atoms with van der Waals surface area (Å²) in [6, 6.07) is 3.90. The molecular formula is C13H17NO5. The van der Waals surface area contributed by atoms with Gasteiger partial charge in [0.05, 0.1) is 25.8 Å². The molecule has 6 heteroatoms. The van der Waals surface area contributed by atoms with Crippen LogP contribution in [-0.4, -0.2) is 37.1 Å². The predicted octanol–water partition coefficient (Wildman–Crippen LogP) is 1.08. The molecule has 0 fully saturated rings. The van der Waals surface area contributed by atoms with Crippen molar-refractivity contribution in [1.82, 2.24) is 0 Å². The van der Waals surface area contributed by atoms with Crippen LogP contribution < -0.4 is 15.2 Å². The number of ether oxygens (including phenoxy) is 2. The SMILES string of the molecule is COc1ccc(C(=O)C(N)CCC(=O)O)c(OC)c1. The van der Waals surface area contributed by atoms with E-state index in [1.165, 1.54) is 14.2 Å². The molecule has 0 aliphatic heterocycles. The summed E-state index contributed by atoms with van der Waals surface area (Å²) in [7, 11) is 2.95. The van der Waals surface area contributed by atoms with Gasteiger partial charge in [-0.15, -0.1) is 0 Å². The van der Waals surface area contributed by atoms with Crippen molar-refractivity contribution in [1.29, 1.82) is 0 Å². The van der Waals surface area contributed by atoms with Crippen molar-refractivity contribution in [2.24, 2.45) is 5.73 Å². The Kier molecular flexibility index (Phi) is 5.32. The van der Waals surface area contributed by atoms with Crippen molar-refractivity contribution >= 4 is 11.8 Å². The van der Waals surface area contributed by atoms with E-state index in [9.17, 15) is 9.59 Å². The van der Waals surface area contributed by atoms with Crippen molar-refractivity contribution in [3.05, 3.63) is 23.8 Å². The molecule has 0 bridgehead atoms. The number of benzene rings is 1. The maximum Gasteiger partial charge on any atom is 0.303 e. The van der Waals surface area contributed by atoms with Crippen molar-refractivity contribution in [2.75, 3.05) is 14.2 Å². The summed E-state index contributed by atoms with van der Waals surface area (Å²) < 4.78 is 10.1. The largest absolute Gasteiger partial charge is 0.497 e. The van der Waals surface area contributed by atoms with Crippen molar-refractivity contribution < 1.29 is 24.2 Å². The lowest BCUT2D eigenvalue weighted by molar-refractivity contribution is -0.137. The summed E-state index contributed by atoms with van der Waals surface area (Å²) in [4.78, 5) is 22.6. The van der Waals surface area contributed by atoms with Gasteiger partial charge in [-0.1, -0.05) is 0 Å². The molecule has 104 valence electrons. The maximum absolute atomic E-state index is 12.1. The average molecular weight is 267 g/mol. The smallest absolute Gasteiger partial charge is 0.303 e. The molecule has 0 aliphatic rings. The Hall–Kier alpha value is -2.08. The molecule has 0 radical (unpaired) electrons. The average Bonchev–Trinajstić information content (AvgIpc) is 2.42. The highest BCUT2D eigenvalue weighted by atomic mass is 16.5. The van der Waals surface area contributed by atoms with Gasteiger partial charge in [0.2, 0.25) is 0 Å². The van der Waals surface area contributed by atoms with Crippen LogP contribution in [0.3, 0.4) is 0 Å². The van der Waals surface area contributed by atoms with E-state index in [0.29, 0.717) is 17.1 Å². The summed E-state index contributed by atoms with van der Waals surface area (Å²) in [6.07, 6.45) is -0.0608. The number of hydrogen-bond acceptors (Lipinski definition) is 5. The zero-order chi connectivity index (χ0) is 14.4. The van der Waals surface area contributed by atoms with Crippen molar-refractivity contribution in [3.8, 4) is 11.5 Å². The van der Waals surface area contributed by atoms with Gasteiger partial charge < -0.3 is 20.3 Å². The molecule has 0 heterocycles. The summed E-state index contributed by atoms with van der Waals surface area (Å²) in [5.74, 6) is -0.409. The van der Waals surface area contributed by atoms with Crippen LogP contribution in [0.2, 0.25) is 0 Å². The van der Waals surface area contributed by atoms with E-state index in [4.69, 9.17) is 20.3 Å². The number of Topliss-reactive ketones (excluding diaryl/α,β-unsaturated/α-hetero) is 1.